The quantitative estimate of drug-likeness (QED) is 0.734. The Hall–Kier alpha value is -1.30. The van der Waals surface area contributed by atoms with Gasteiger partial charge in [0, 0.05) is 25.2 Å². The van der Waals surface area contributed by atoms with Gasteiger partial charge in [0.2, 0.25) is 0 Å². The van der Waals surface area contributed by atoms with Crippen molar-refractivity contribution in [3.63, 3.8) is 0 Å². The number of carbonyl (C=O) groups excluding carboxylic acids is 1. The van der Waals surface area contributed by atoms with Crippen molar-refractivity contribution in [2.75, 3.05) is 26.7 Å². The number of amides is 2. The van der Waals surface area contributed by atoms with Gasteiger partial charge in [0.1, 0.15) is 6.54 Å². The van der Waals surface area contributed by atoms with Crippen LogP contribution in [0.5, 0.6) is 0 Å². The highest BCUT2D eigenvalue weighted by atomic mass is 16.4. The van der Waals surface area contributed by atoms with Crippen molar-refractivity contribution in [1.29, 1.82) is 0 Å². The molecule has 2 aliphatic rings. The normalized spacial score (nSPS) is 19.3. The molecule has 6 nitrogen and oxygen atoms in total. The van der Waals surface area contributed by atoms with Gasteiger partial charge in [0.25, 0.3) is 0 Å². The van der Waals surface area contributed by atoms with Gasteiger partial charge in [-0.25, -0.2) is 4.79 Å². The zero-order valence-corrected chi connectivity index (χ0v) is 12.2. The molecule has 114 valence electrons. The van der Waals surface area contributed by atoms with Gasteiger partial charge in [-0.1, -0.05) is 12.8 Å². The number of hydrogen-bond acceptors (Lipinski definition) is 3. The molecule has 2 amide bonds. The van der Waals surface area contributed by atoms with E-state index in [0.29, 0.717) is 12.6 Å². The van der Waals surface area contributed by atoms with Crippen LogP contribution < -0.4 is 5.32 Å². The van der Waals surface area contributed by atoms with Crippen LogP contribution in [0, 0.1) is 0 Å². The largest absolute Gasteiger partial charge is 0.480 e. The average Bonchev–Trinajstić information content (AvgIpc) is 3.08. The first kappa shape index (κ1) is 15.1. The predicted octanol–water partition coefficient (Wildman–Crippen LogP) is 1.12. The van der Waals surface area contributed by atoms with Crippen LogP contribution in [0.1, 0.15) is 38.5 Å². The molecular weight excluding hydrogens is 258 g/mol. The summed E-state index contributed by atoms with van der Waals surface area (Å²) >= 11 is 0. The lowest BCUT2D eigenvalue weighted by Gasteiger charge is -2.25. The fraction of sp³-hybridized carbons (Fsp3) is 0.857. The molecule has 2 fully saturated rings. The summed E-state index contributed by atoms with van der Waals surface area (Å²) in [4.78, 5) is 26.5. The number of carboxylic acid groups (broad SMARTS) is 1. The van der Waals surface area contributed by atoms with Crippen LogP contribution in [0.4, 0.5) is 4.79 Å². The molecule has 2 rings (SSSR count). The number of carbonyl (C=O) groups is 2. The second kappa shape index (κ2) is 6.92. The molecule has 20 heavy (non-hydrogen) atoms. The van der Waals surface area contributed by atoms with E-state index in [9.17, 15) is 9.59 Å². The fourth-order valence-corrected chi connectivity index (χ4v) is 2.87. The average molecular weight is 283 g/mol. The minimum Gasteiger partial charge on any atom is -0.480 e. The summed E-state index contributed by atoms with van der Waals surface area (Å²) < 4.78 is 0. The van der Waals surface area contributed by atoms with Crippen molar-refractivity contribution in [1.82, 2.24) is 15.1 Å². The molecule has 0 bridgehead atoms. The Bertz CT molecular complexity index is 352. The number of aliphatic carboxylic acids is 1. The highest BCUT2D eigenvalue weighted by molar-refractivity contribution is 5.80. The predicted molar refractivity (Wildman–Crippen MR) is 75.6 cm³/mol. The van der Waals surface area contributed by atoms with E-state index in [-0.39, 0.29) is 18.6 Å². The minimum atomic E-state index is -0.949. The topological polar surface area (TPSA) is 72.9 Å². The van der Waals surface area contributed by atoms with Crippen molar-refractivity contribution in [2.24, 2.45) is 0 Å². The van der Waals surface area contributed by atoms with Gasteiger partial charge in [0.05, 0.1) is 0 Å². The monoisotopic (exact) mass is 283 g/mol. The van der Waals surface area contributed by atoms with E-state index in [4.69, 9.17) is 5.11 Å². The molecule has 6 heteroatoms. The van der Waals surface area contributed by atoms with Gasteiger partial charge in [-0.2, -0.15) is 0 Å². The zero-order valence-electron chi connectivity index (χ0n) is 12.2. The van der Waals surface area contributed by atoms with Gasteiger partial charge in [-0.15, -0.1) is 0 Å². The Morgan fingerprint density at radius 2 is 1.80 bits per heavy atom. The summed E-state index contributed by atoms with van der Waals surface area (Å²) in [5.41, 5.74) is 0. The van der Waals surface area contributed by atoms with Crippen LogP contribution in [0.25, 0.3) is 0 Å². The van der Waals surface area contributed by atoms with E-state index in [1.807, 2.05) is 0 Å². The van der Waals surface area contributed by atoms with Gasteiger partial charge in [-0.3, -0.25) is 4.79 Å². The molecule has 2 saturated carbocycles. The molecule has 0 radical (unpaired) electrons. The van der Waals surface area contributed by atoms with E-state index in [1.54, 1.807) is 0 Å². The number of nitrogens with one attached hydrogen (secondary N) is 1. The van der Waals surface area contributed by atoms with Crippen LogP contribution in [0.2, 0.25) is 0 Å². The number of nitrogens with zero attached hydrogens (tertiary/aromatic N) is 2. The Labute approximate surface area is 120 Å². The van der Waals surface area contributed by atoms with Crippen LogP contribution in [-0.2, 0) is 4.79 Å². The van der Waals surface area contributed by atoms with E-state index in [2.05, 4.69) is 17.3 Å². The minimum absolute atomic E-state index is 0.124. The first-order chi connectivity index (χ1) is 9.58. The van der Waals surface area contributed by atoms with E-state index in [0.717, 1.165) is 19.4 Å². The Morgan fingerprint density at radius 1 is 1.15 bits per heavy atom. The summed E-state index contributed by atoms with van der Waals surface area (Å²) in [5, 5.41) is 11.7. The first-order valence-electron chi connectivity index (χ1n) is 7.54. The first-order valence-corrected chi connectivity index (χ1v) is 7.54. The molecule has 0 aromatic heterocycles. The van der Waals surface area contributed by atoms with Crippen LogP contribution in [0.3, 0.4) is 0 Å². The molecular formula is C14H25N3O3. The Kier molecular flexibility index (Phi) is 5.23. The summed E-state index contributed by atoms with van der Waals surface area (Å²) in [6.45, 7) is 1.20. The molecule has 0 atom stereocenters. The third-order valence-corrected chi connectivity index (χ3v) is 4.24. The maximum atomic E-state index is 12.0. The number of rotatable bonds is 7. The Balaban J connectivity index is 1.68. The lowest BCUT2D eigenvalue weighted by atomic mass is 10.2. The molecule has 0 aromatic carbocycles. The molecule has 0 heterocycles. The molecule has 0 spiro atoms. The third-order valence-electron chi connectivity index (χ3n) is 4.24. The number of carboxylic acids is 1. The molecule has 2 aliphatic carbocycles. The fourth-order valence-electron chi connectivity index (χ4n) is 2.87. The Morgan fingerprint density at radius 3 is 2.35 bits per heavy atom. The highest BCUT2D eigenvalue weighted by Crippen LogP contribution is 2.26. The molecule has 2 N–H and O–H groups in total. The van der Waals surface area contributed by atoms with Gasteiger partial charge in [-0.05, 0) is 32.7 Å². The van der Waals surface area contributed by atoms with Gasteiger partial charge < -0.3 is 20.2 Å². The second-order valence-corrected chi connectivity index (χ2v) is 5.90. The van der Waals surface area contributed by atoms with E-state index in [1.165, 1.54) is 30.6 Å². The van der Waals surface area contributed by atoms with Crippen molar-refractivity contribution < 1.29 is 14.7 Å². The van der Waals surface area contributed by atoms with Crippen molar-refractivity contribution in [3.8, 4) is 0 Å². The lowest BCUT2D eigenvalue weighted by molar-refractivity contribution is -0.137. The summed E-state index contributed by atoms with van der Waals surface area (Å²) in [6, 6.07) is 0.527. The van der Waals surface area contributed by atoms with E-state index >= 15 is 0 Å². The standard InChI is InChI=1S/C14H25N3O3/c1-16(11-4-2-3-5-11)9-8-15-14(20)17(10-13(18)19)12-6-7-12/h11-12H,2-10H2,1H3,(H,15,20)(H,18,19). The summed E-state index contributed by atoms with van der Waals surface area (Å²) in [6.07, 6.45) is 6.94. The maximum Gasteiger partial charge on any atom is 0.323 e. The lowest BCUT2D eigenvalue weighted by Crippen LogP contribution is -2.46. The third kappa shape index (κ3) is 4.37. The van der Waals surface area contributed by atoms with E-state index < -0.39 is 5.97 Å². The SMILES string of the molecule is CN(CCNC(=O)N(CC(=O)O)C1CC1)C1CCCC1. The van der Waals surface area contributed by atoms with Crippen LogP contribution >= 0.6 is 0 Å². The van der Waals surface area contributed by atoms with Crippen molar-refractivity contribution >= 4 is 12.0 Å². The second-order valence-electron chi connectivity index (χ2n) is 5.90. The molecule has 0 unspecified atom stereocenters. The molecule has 0 aromatic rings. The van der Waals surface area contributed by atoms with Gasteiger partial charge >= 0.3 is 12.0 Å². The number of urea groups is 1. The van der Waals surface area contributed by atoms with Gasteiger partial charge in [0.15, 0.2) is 0 Å². The van der Waals surface area contributed by atoms with Crippen molar-refractivity contribution in [3.05, 3.63) is 0 Å². The summed E-state index contributed by atoms with van der Waals surface area (Å²) in [7, 11) is 2.10. The molecule has 0 saturated heterocycles. The van der Waals surface area contributed by atoms with Crippen LogP contribution in [0.15, 0.2) is 0 Å². The zero-order chi connectivity index (χ0) is 14.5. The number of hydrogen-bond donors (Lipinski definition) is 2. The number of likely N-dealkylation sites (N-methyl/N-ethyl adjacent to an activating group) is 1. The smallest absolute Gasteiger partial charge is 0.323 e. The van der Waals surface area contributed by atoms with Crippen molar-refractivity contribution in [2.45, 2.75) is 50.6 Å². The maximum absolute atomic E-state index is 12.0. The molecule has 0 aliphatic heterocycles. The van der Waals surface area contributed by atoms with Crippen LogP contribution in [-0.4, -0.2) is 65.7 Å². The highest BCUT2D eigenvalue weighted by Gasteiger charge is 2.33. The summed E-state index contributed by atoms with van der Waals surface area (Å²) in [5.74, 6) is -0.949.